The summed E-state index contributed by atoms with van der Waals surface area (Å²) in [6.07, 6.45) is 5.62. The number of aromatic amines is 1. The molecule has 124 valence electrons. The number of carbonyl (C=O) groups is 1. The van der Waals surface area contributed by atoms with E-state index in [1.165, 1.54) is 6.33 Å². The van der Waals surface area contributed by atoms with E-state index < -0.39 is 0 Å². The van der Waals surface area contributed by atoms with Crippen molar-refractivity contribution in [1.82, 2.24) is 19.7 Å². The summed E-state index contributed by atoms with van der Waals surface area (Å²) in [5.74, 6) is 0.234. The third-order valence-electron chi connectivity index (χ3n) is 4.22. The van der Waals surface area contributed by atoms with E-state index in [2.05, 4.69) is 49.3 Å². The first-order valence-corrected chi connectivity index (χ1v) is 8.06. The summed E-state index contributed by atoms with van der Waals surface area (Å²) in [7, 11) is 0. The van der Waals surface area contributed by atoms with Crippen LogP contribution >= 0.6 is 0 Å². The van der Waals surface area contributed by atoms with Crippen molar-refractivity contribution < 1.29 is 4.79 Å². The molecule has 6 nitrogen and oxygen atoms in total. The second-order valence-corrected chi connectivity index (χ2v) is 5.80. The molecule has 6 heteroatoms. The SMILES string of the molecule is O=C(C[C@H](c1cccc2ccccc12)n1cccc1)Nc1ncn[nH]1. The van der Waals surface area contributed by atoms with Crippen LogP contribution < -0.4 is 5.32 Å². The van der Waals surface area contributed by atoms with E-state index in [9.17, 15) is 4.79 Å². The lowest BCUT2D eigenvalue weighted by molar-refractivity contribution is -0.116. The average Bonchev–Trinajstić information content (AvgIpc) is 3.33. The maximum atomic E-state index is 12.5. The topological polar surface area (TPSA) is 75.6 Å². The maximum Gasteiger partial charge on any atom is 0.229 e. The lowest BCUT2D eigenvalue weighted by atomic mass is 9.96. The van der Waals surface area contributed by atoms with Gasteiger partial charge < -0.3 is 4.57 Å². The smallest absolute Gasteiger partial charge is 0.229 e. The lowest BCUT2D eigenvalue weighted by Gasteiger charge is -2.21. The zero-order chi connectivity index (χ0) is 17.1. The molecule has 2 aromatic carbocycles. The van der Waals surface area contributed by atoms with E-state index in [1.807, 2.05) is 42.7 Å². The van der Waals surface area contributed by atoms with Crippen molar-refractivity contribution in [3.63, 3.8) is 0 Å². The molecular weight excluding hydrogens is 314 g/mol. The van der Waals surface area contributed by atoms with Crippen LogP contribution in [0.15, 0.2) is 73.3 Å². The number of hydrogen-bond acceptors (Lipinski definition) is 3. The Bertz CT molecular complexity index is 971. The molecule has 0 aliphatic rings. The highest BCUT2D eigenvalue weighted by atomic mass is 16.1. The van der Waals surface area contributed by atoms with Crippen molar-refractivity contribution in [2.75, 3.05) is 5.32 Å². The van der Waals surface area contributed by atoms with E-state index >= 15 is 0 Å². The van der Waals surface area contributed by atoms with Crippen molar-refractivity contribution in [2.45, 2.75) is 12.5 Å². The van der Waals surface area contributed by atoms with Gasteiger partial charge in [-0.3, -0.25) is 10.1 Å². The van der Waals surface area contributed by atoms with E-state index in [4.69, 9.17) is 0 Å². The minimum Gasteiger partial charge on any atom is -0.346 e. The van der Waals surface area contributed by atoms with Gasteiger partial charge in [-0.15, -0.1) is 0 Å². The third-order valence-corrected chi connectivity index (χ3v) is 4.22. The largest absolute Gasteiger partial charge is 0.346 e. The van der Waals surface area contributed by atoms with Crippen LogP contribution in [0.3, 0.4) is 0 Å². The molecule has 0 saturated heterocycles. The van der Waals surface area contributed by atoms with Crippen molar-refractivity contribution >= 4 is 22.6 Å². The van der Waals surface area contributed by atoms with Crippen LogP contribution in [-0.2, 0) is 4.79 Å². The van der Waals surface area contributed by atoms with E-state index in [0.29, 0.717) is 12.4 Å². The first kappa shape index (κ1) is 15.1. The van der Waals surface area contributed by atoms with Crippen LogP contribution in [0.2, 0.25) is 0 Å². The molecule has 0 saturated carbocycles. The fourth-order valence-electron chi connectivity index (χ4n) is 3.10. The second kappa shape index (κ2) is 6.60. The van der Waals surface area contributed by atoms with Crippen LogP contribution in [0.5, 0.6) is 0 Å². The first-order valence-electron chi connectivity index (χ1n) is 8.06. The van der Waals surface area contributed by atoms with Gasteiger partial charge >= 0.3 is 0 Å². The Kier molecular flexibility index (Phi) is 4.00. The Hall–Kier alpha value is -3.41. The zero-order valence-corrected chi connectivity index (χ0v) is 13.5. The Labute approximate surface area is 144 Å². The second-order valence-electron chi connectivity index (χ2n) is 5.80. The molecule has 0 aliphatic heterocycles. The highest BCUT2D eigenvalue weighted by molar-refractivity contribution is 5.91. The number of benzene rings is 2. The van der Waals surface area contributed by atoms with Crippen LogP contribution in [-0.4, -0.2) is 25.7 Å². The van der Waals surface area contributed by atoms with Crippen LogP contribution in [0, 0.1) is 0 Å². The number of hydrogen-bond donors (Lipinski definition) is 2. The van der Waals surface area contributed by atoms with Gasteiger partial charge in [0, 0.05) is 12.4 Å². The summed E-state index contributed by atoms with van der Waals surface area (Å²) in [5.41, 5.74) is 1.11. The highest BCUT2D eigenvalue weighted by Crippen LogP contribution is 2.29. The van der Waals surface area contributed by atoms with Crippen molar-refractivity contribution in [3.05, 3.63) is 78.9 Å². The molecule has 0 unspecified atom stereocenters. The van der Waals surface area contributed by atoms with Gasteiger partial charge in [0.1, 0.15) is 6.33 Å². The molecule has 0 radical (unpaired) electrons. The molecule has 1 atom stereocenters. The quantitative estimate of drug-likeness (QED) is 0.589. The molecule has 2 heterocycles. The minimum atomic E-state index is -0.122. The minimum absolute atomic E-state index is 0.107. The summed E-state index contributed by atoms with van der Waals surface area (Å²) in [5, 5.41) is 11.5. The molecule has 4 rings (SSSR count). The molecule has 4 aromatic rings. The molecule has 0 bridgehead atoms. The van der Waals surface area contributed by atoms with Crippen molar-refractivity contribution in [2.24, 2.45) is 0 Å². The Morgan fingerprint density at radius 2 is 1.88 bits per heavy atom. The Balaban J connectivity index is 1.70. The number of anilines is 1. The molecule has 1 amide bonds. The zero-order valence-electron chi connectivity index (χ0n) is 13.5. The van der Waals surface area contributed by atoms with Crippen molar-refractivity contribution in [1.29, 1.82) is 0 Å². The fraction of sp³-hybridized carbons (Fsp3) is 0.105. The number of nitrogens with zero attached hydrogens (tertiary/aromatic N) is 3. The van der Waals surface area contributed by atoms with Gasteiger partial charge in [-0.1, -0.05) is 42.5 Å². The predicted octanol–water partition coefficient (Wildman–Crippen LogP) is 3.38. The van der Waals surface area contributed by atoms with Gasteiger partial charge in [0.15, 0.2) is 0 Å². The summed E-state index contributed by atoms with van der Waals surface area (Å²) in [4.78, 5) is 16.5. The van der Waals surface area contributed by atoms with E-state index in [-0.39, 0.29) is 11.9 Å². The van der Waals surface area contributed by atoms with E-state index in [0.717, 1.165) is 16.3 Å². The summed E-state index contributed by atoms with van der Waals surface area (Å²) in [6.45, 7) is 0. The fourth-order valence-corrected chi connectivity index (χ4v) is 3.10. The first-order chi connectivity index (χ1) is 12.3. The Morgan fingerprint density at radius 3 is 2.68 bits per heavy atom. The number of amides is 1. The van der Waals surface area contributed by atoms with Crippen LogP contribution in [0.1, 0.15) is 18.0 Å². The van der Waals surface area contributed by atoms with Gasteiger partial charge in [0.2, 0.25) is 11.9 Å². The highest BCUT2D eigenvalue weighted by Gasteiger charge is 2.20. The monoisotopic (exact) mass is 331 g/mol. The van der Waals surface area contributed by atoms with Crippen LogP contribution in [0.4, 0.5) is 5.95 Å². The average molecular weight is 331 g/mol. The molecule has 2 aromatic heterocycles. The number of rotatable bonds is 5. The predicted molar refractivity (Wildman–Crippen MR) is 96.1 cm³/mol. The summed E-state index contributed by atoms with van der Waals surface area (Å²) in [6, 6.07) is 18.2. The normalized spacial score (nSPS) is 12.2. The lowest BCUT2D eigenvalue weighted by Crippen LogP contribution is -2.20. The molecular formula is C19H17N5O. The number of fused-ring (bicyclic) bond motifs is 1. The van der Waals surface area contributed by atoms with E-state index in [1.54, 1.807) is 0 Å². The van der Waals surface area contributed by atoms with Gasteiger partial charge in [0.05, 0.1) is 12.5 Å². The number of H-pyrrole nitrogens is 1. The van der Waals surface area contributed by atoms with Gasteiger partial charge in [0.25, 0.3) is 0 Å². The number of carbonyl (C=O) groups excluding carboxylic acids is 1. The Morgan fingerprint density at radius 1 is 1.08 bits per heavy atom. The van der Waals surface area contributed by atoms with Crippen LogP contribution in [0.25, 0.3) is 10.8 Å². The molecule has 25 heavy (non-hydrogen) atoms. The number of nitrogens with one attached hydrogen (secondary N) is 2. The third kappa shape index (κ3) is 3.14. The van der Waals surface area contributed by atoms with Gasteiger partial charge in [-0.25, -0.2) is 5.10 Å². The summed E-state index contributed by atoms with van der Waals surface area (Å²) < 4.78 is 2.06. The molecule has 0 fully saturated rings. The molecule has 2 N–H and O–H groups in total. The number of aromatic nitrogens is 4. The van der Waals surface area contributed by atoms with Gasteiger partial charge in [-0.2, -0.15) is 10.1 Å². The molecule has 0 spiro atoms. The maximum absolute atomic E-state index is 12.5. The van der Waals surface area contributed by atoms with Crippen molar-refractivity contribution in [3.8, 4) is 0 Å². The summed E-state index contributed by atoms with van der Waals surface area (Å²) >= 11 is 0. The molecule has 0 aliphatic carbocycles. The van der Waals surface area contributed by atoms with Gasteiger partial charge in [-0.05, 0) is 28.5 Å². The standard InChI is InChI=1S/C19H17N5O/c25-18(22-19-20-13-21-23-19)12-17(24-10-3-4-11-24)16-9-5-7-14-6-1-2-8-15(14)16/h1-11,13,17H,12H2,(H2,20,21,22,23,25)/t17-/m1/s1.